The zero-order valence-electron chi connectivity index (χ0n) is 9.20. The predicted octanol–water partition coefficient (Wildman–Crippen LogP) is 1.55. The molecule has 1 aromatic carbocycles. The van der Waals surface area contributed by atoms with Gasteiger partial charge >= 0.3 is 5.97 Å². The zero-order chi connectivity index (χ0) is 12.8. The molecule has 0 aliphatic carbocycles. The fourth-order valence-corrected chi connectivity index (χ4v) is 1.38. The van der Waals surface area contributed by atoms with E-state index in [4.69, 9.17) is 21.4 Å². The molecule has 6 heteroatoms. The number of ether oxygens (including phenoxy) is 1. The minimum absolute atomic E-state index is 0.223. The van der Waals surface area contributed by atoms with E-state index in [9.17, 15) is 9.59 Å². The van der Waals surface area contributed by atoms with Gasteiger partial charge in [0.15, 0.2) is 0 Å². The number of nitrogens with one attached hydrogen (secondary N) is 1. The summed E-state index contributed by atoms with van der Waals surface area (Å²) in [6.45, 7) is 1.74. The first-order chi connectivity index (χ1) is 8.04. The highest BCUT2D eigenvalue weighted by atomic mass is 35.5. The summed E-state index contributed by atoms with van der Waals surface area (Å²) in [6.07, 6.45) is 0. The molecule has 1 rings (SSSR count). The maximum Gasteiger partial charge on any atom is 0.322 e. The lowest BCUT2D eigenvalue weighted by atomic mass is 10.2. The summed E-state index contributed by atoms with van der Waals surface area (Å²) in [7, 11) is 0. The number of hydrogen-bond acceptors (Lipinski definition) is 3. The molecule has 0 aliphatic heterocycles. The molecule has 92 valence electrons. The molecule has 5 nitrogen and oxygen atoms in total. The van der Waals surface area contributed by atoms with Crippen LogP contribution in [0.5, 0.6) is 5.75 Å². The van der Waals surface area contributed by atoms with Crippen molar-refractivity contribution in [2.75, 3.05) is 13.2 Å². The summed E-state index contributed by atoms with van der Waals surface area (Å²) in [5.41, 5.74) is 0.223. The average molecular weight is 258 g/mol. The highest BCUT2D eigenvalue weighted by Crippen LogP contribution is 2.22. The molecular weight excluding hydrogens is 246 g/mol. The van der Waals surface area contributed by atoms with Crippen molar-refractivity contribution in [1.29, 1.82) is 0 Å². The van der Waals surface area contributed by atoms with Crippen molar-refractivity contribution in [3.05, 3.63) is 28.8 Å². The van der Waals surface area contributed by atoms with Crippen LogP contribution in [0.1, 0.15) is 17.3 Å². The highest BCUT2D eigenvalue weighted by molar-refractivity contribution is 6.31. The molecular formula is C11H12ClNO4. The van der Waals surface area contributed by atoms with E-state index in [-0.39, 0.29) is 5.56 Å². The van der Waals surface area contributed by atoms with Gasteiger partial charge in [0.25, 0.3) is 5.91 Å². The Bertz CT molecular complexity index is 433. The number of halogens is 1. The van der Waals surface area contributed by atoms with Crippen molar-refractivity contribution in [3.8, 4) is 5.75 Å². The van der Waals surface area contributed by atoms with E-state index >= 15 is 0 Å². The van der Waals surface area contributed by atoms with Crippen molar-refractivity contribution in [1.82, 2.24) is 5.32 Å². The summed E-state index contributed by atoms with van der Waals surface area (Å²) in [4.78, 5) is 22.0. The van der Waals surface area contributed by atoms with Gasteiger partial charge in [-0.05, 0) is 25.1 Å². The Labute approximate surface area is 103 Å². The van der Waals surface area contributed by atoms with Crippen LogP contribution in [0.4, 0.5) is 0 Å². The molecule has 17 heavy (non-hydrogen) atoms. The predicted molar refractivity (Wildman–Crippen MR) is 62.6 cm³/mol. The van der Waals surface area contributed by atoms with Gasteiger partial charge in [0.2, 0.25) is 0 Å². The van der Waals surface area contributed by atoms with Gasteiger partial charge < -0.3 is 15.2 Å². The van der Waals surface area contributed by atoms with Gasteiger partial charge in [0, 0.05) is 5.02 Å². The number of carboxylic acids is 1. The van der Waals surface area contributed by atoms with Crippen LogP contribution in [0.15, 0.2) is 18.2 Å². The molecule has 1 amide bonds. The minimum atomic E-state index is -1.11. The molecule has 1 aromatic rings. The fraction of sp³-hybridized carbons (Fsp3) is 0.273. The first kappa shape index (κ1) is 13.3. The molecule has 0 atom stereocenters. The number of amides is 1. The third kappa shape index (κ3) is 3.96. The molecule has 0 saturated heterocycles. The molecule has 0 radical (unpaired) electrons. The van der Waals surface area contributed by atoms with Crippen LogP contribution in [-0.2, 0) is 4.79 Å². The largest absolute Gasteiger partial charge is 0.493 e. The number of rotatable bonds is 5. The Kier molecular flexibility index (Phi) is 4.78. The highest BCUT2D eigenvalue weighted by Gasteiger charge is 2.13. The molecule has 2 N–H and O–H groups in total. The number of carbonyl (C=O) groups is 2. The van der Waals surface area contributed by atoms with Crippen LogP contribution >= 0.6 is 11.6 Å². The van der Waals surface area contributed by atoms with Gasteiger partial charge in [-0.15, -0.1) is 0 Å². The second-order valence-corrected chi connectivity index (χ2v) is 3.59. The lowest BCUT2D eigenvalue weighted by molar-refractivity contribution is -0.135. The van der Waals surface area contributed by atoms with Crippen LogP contribution < -0.4 is 10.1 Å². The summed E-state index contributed by atoms with van der Waals surface area (Å²) in [5.74, 6) is -1.27. The first-order valence-corrected chi connectivity index (χ1v) is 5.34. The number of carbonyl (C=O) groups excluding carboxylic acids is 1. The van der Waals surface area contributed by atoms with E-state index in [0.29, 0.717) is 17.4 Å². The van der Waals surface area contributed by atoms with Crippen molar-refractivity contribution in [2.24, 2.45) is 0 Å². The number of carboxylic acid groups (broad SMARTS) is 1. The third-order valence-electron chi connectivity index (χ3n) is 1.89. The van der Waals surface area contributed by atoms with E-state index in [1.165, 1.54) is 6.07 Å². The molecule has 0 unspecified atom stereocenters. The lowest BCUT2D eigenvalue weighted by Crippen LogP contribution is -2.29. The number of benzene rings is 1. The van der Waals surface area contributed by atoms with Gasteiger partial charge in [-0.25, -0.2) is 0 Å². The zero-order valence-corrected chi connectivity index (χ0v) is 9.95. The van der Waals surface area contributed by atoms with Crippen molar-refractivity contribution >= 4 is 23.5 Å². The van der Waals surface area contributed by atoms with E-state index in [2.05, 4.69) is 5.32 Å². The second kappa shape index (κ2) is 6.10. The first-order valence-electron chi connectivity index (χ1n) is 4.97. The topological polar surface area (TPSA) is 75.6 Å². The van der Waals surface area contributed by atoms with E-state index < -0.39 is 18.4 Å². The smallest absolute Gasteiger partial charge is 0.322 e. The standard InChI is InChI=1S/C11H12ClNO4/c1-2-17-9-4-3-7(12)5-8(9)11(16)13-6-10(14)15/h3-5H,2,6H2,1H3,(H,13,16)(H,14,15). The van der Waals surface area contributed by atoms with E-state index in [0.717, 1.165) is 0 Å². The average Bonchev–Trinajstić information content (AvgIpc) is 2.28. The van der Waals surface area contributed by atoms with Crippen LogP contribution in [0.3, 0.4) is 0 Å². The number of aliphatic carboxylic acids is 1. The normalized spacial score (nSPS) is 9.76. The Morgan fingerprint density at radius 3 is 2.76 bits per heavy atom. The Morgan fingerprint density at radius 1 is 1.47 bits per heavy atom. The fourth-order valence-electron chi connectivity index (χ4n) is 1.21. The summed E-state index contributed by atoms with van der Waals surface area (Å²) < 4.78 is 5.25. The molecule has 0 spiro atoms. The van der Waals surface area contributed by atoms with Gasteiger partial charge in [0.1, 0.15) is 12.3 Å². The molecule has 0 aliphatic rings. The van der Waals surface area contributed by atoms with Crippen molar-refractivity contribution in [2.45, 2.75) is 6.92 Å². The summed E-state index contributed by atoms with van der Waals surface area (Å²) in [5, 5.41) is 11.1. The molecule has 0 aromatic heterocycles. The summed E-state index contributed by atoms with van der Waals surface area (Å²) in [6, 6.07) is 4.60. The van der Waals surface area contributed by atoms with Crippen LogP contribution in [0, 0.1) is 0 Å². The van der Waals surface area contributed by atoms with Crippen LogP contribution in [0.2, 0.25) is 5.02 Å². The monoisotopic (exact) mass is 257 g/mol. The Morgan fingerprint density at radius 2 is 2.18 bits per heavy atom. The Balaban J connectivity index is 2.89. The van der Waals surface area contributed by atoms with Crippen molar-refractivity contribution < 1.29 is 19.4 Å². The molecule has 0 bridgehead atoms. The number of hydrogen-bond donors (Lipinski definition) is 2. The quantitative estimate of drug-likeness (QED) is 0.839. The molecule has 0 saturated carbocycles. The maximum absolute atomic E-state index is 11.7. The SMILES string of the molecule is CCOc1ccc(Cl)cc1C(=O)NCC(=O)O. The lowest BCUT2D eigenvalue weighted by Gasteiger charge is -2.10. The minimum Gasteiger partial charge on any atom is -0.493 e. The third-order valence-corrected chi connectivity index (χ3v) is 2.12. The second-order valence-electron chi connectivity index (χ2n) is 3.15. The van der Waals surface area contributed by atoms with Crippen LogP contribution in [0.25, 0.3) is 0 Å². The van der Waals surface area contributed by atoms with Crippen molar-refractivity contribution in [3.63, 3.8) is 0 Å². The van der Waals surface area contributed by atoms with Gasteiger partial charge in [0.05, 0.1) is 12.2 Å². The Hall–Kier alpha value is -1.75. The van der Waals surface area contributed by atoms with E-state index in [1.807, 2.05) is 0 Å². The van der Waals surface area contributed by atoms with Crippen LogP contribution in [-0.4, -0.2) is 30.1 Å². The molecule has 0 heterocycles. The maximum atomic E-state index is 11.7. The van der Waals surface area contributed by atoms with E-state index in [1.54, 1.807) is 19.1 Å². The van der Waals surface area contributed by atoms with Gasteiger partial charge in [-0.2, -0.15) is 0 Å². The summed E-state index contributed by atoms with van der Waals surface area (Å²) >= 11 is 5.77. The molecule has 0 fully saturated rings. The van der Waals surface area contributed by atoms with Gasteiger partial charge in [-0.3, -0.25) is 9.59 Å². The van der Waals surface area contributed by atoms with Gasteiger partial charge in [-0.1, -0.05) is 11.6 Å².